The lowest BCUT2D eigenvalue weighted by Gasteiger charge is -2.39. The minimum Gasteiger partial charge on any atom is -0.481 e. The highest BCUT2D eigenvalue weighted by atomic mass is 16.4. The molecule has 98 valence electrons. The standard InChI is InChI=1S/C15H21NO2/c1-15(9-5-2-6-10-15)13(14(17)18)11-7-3-4-8-12(11)16/h3-4,7-8,13H,2,5-6,9-10,16H2,1H3,(H,17,18). The van der Waals surface area contributed by atoms with Crippen LogP contribution in [0.4, 0.5) is 5.69 Å². The molecule has 1 fully saturated rings. The normalized spacial score (nSPS) is 20.3. The second-order valence-corrected chi connectivity index (χ2v) is 5.61. The molecule has 1 aliphatic carbocycles. The van der Waals surface area contributed by atoms with E-state index in [9.17, 15) is 9.90 Å². The van der Waals surface area contributed by atoms with Crippen LogP contribution in [0, 0.1) is 5.41 Å². The van der Waals surface area contributed by atoms with Crippen molar-refractivity contribution in [3.05, 3.63) is 29.8 Å². The number of hydrogen-bond donors (Lipinski definition) is 2. The molecule has 3 heteroatoms. The van der Waals surface area contributed by atoms with Crippen molar-refractivity contribution >= 4 is 11.7 Å². The Morgan fingerprint density at radius 2 is 1.89 bits per heavy atom. The highest BCUT2D eigenvalue weighted by molar-refractivity contribution is 5.79. The monoisotopic (exact) mass is 247 g/mol. The van der Waals surface area contributed by atoms with Gasteiger partial charge in [0, 0.05) is 5.69 Å². The molecular formula is C15H21NO2. The smallest absolute Gasteiger partial charge is 0.311 e. The van der Waals surface area contributed by atoms with Gasteiger partial charge in [0.15, 0.2) is 0 Å². The zero-order valence-electron chi connectivity index (χ0n) is 10.9. The summed E-state index contributed by atoms with van der Waals surface area (Å²) in [5.41, 5.74) is 7.16. The van der Waals surface area contributed by atoms with E-state index >= 15 is 0 Å². The highest BCUT2D eigenvalue weighted by Crippen LogP contribution is 2.48. The lowest BCUT2D eigenvalue weighted by molar-refractivity contribution is -0.142. The van der Waals surface area contributed by atoms with E-state index in [2.05, 4.69) is 6.92 Å². The number of nitrogen functional groups attached to an aromatic ring is 1. The first-order chi connectivity index (χ1) is 8.54. The molecule has 0 aromatic heterocycles. The number of nitrogens with two attached hydrogens (primary N) is 1. The third-order valence-electron chi connectivity index (χ3n) is 4.25. The van der Waals surface area contributed by atoms with E-state index in [1.807, 2.05) is 18.2 Å². The highest BCUT2D eigenvalue weighted by Gasteiger charge is 2.41. The predicted molar refractivity (Wildman–Crippen MR) is 72.4 cm³/mol. The molecule has 1 aromatic carbocycles. The Hall–Kier alpha value is -1.51. The maximum Gasteiger partial charge on any atom is 0.311 e. The summed E-state index contributed by atoms with van der Waals surface area (Å²) in [5.74, 6) is -1.24. The van der Waals surface area contributed by atoms with Crippen LogP contribution in [0.3, 0.4) is 0 Å². The number of carbonyl (C=O) groups is 1. The van der Waals surface area contributed by atoms with Gasteiger partial charge >= 0.3 is 5.97 Å². The topological polar surface area (TPSA) is 63.3 Å². The van der Waals surface area contributed by atoms with Gasteiger partial charge in [0.05, 0.1) is 5.92 Å². The van der Waals surface area contributed by atoms with Crippen LogP contribution in [0.1, 0.15) is 50.5 Å². The van der Waals surface area contributed by atoms with E-state index in [1.54, 1.807) is 6.07 Å². The Morgan fingerprint density at radius 1 is 1.28 bits per heavy atom. The van der Waals surface area contributed by atoms with Crippen molar-refractivity contribution in [3.63, 3.8) is 0 Å². The van der Waals surface area contributed by atoms with Gasteiger partial charge in [-0.1, -0.05) is 44.4 Å². The zero-order valence-corrected chi connectivity index (χ0v) is 10.9. The molecule has 3 nitrogen and oxygen atoms in total. The molecule has 1 aliphatic rings. The van der Waals surface area contributed by atoms with Gasteiger partial charge < -0.3 is 10.8 Å². The average molecular weight is 247 g/mol. The summed E-state index contributed by atoms with van der Waals surface area (Å²) in [6.07, 6.45) is 5.39. The number of carboxylic acids is 1. The van der Waals surface area contributed by atoms with Gasteiger partial charge in [-0.05, 0) is 29.9 Å². The van der Waals surface area contributed by atoms with E-state index in [4.69, 9.17) is 5.73 Å². The fourth-order valence-electron chi connectivity index (χ4n) is 3.23. The van der Waals surface area contributed by atoms with Crippen LogP contribution >= 0.6 is 0 Å². The van der Waals surface area contributed by atoms with Crippen molar-refractivity contribution in [2.45, 2.75) is 44.9 Å². The summed E-state index contributed by atoms with van der Waals surface area (Å²) in [7, 11) is 0. The van der Waals surface area contributed by atoms with Gasteiger partial charge in [-0.25, -0.2) is 0 Å². The molecular weight excluding hydrogens is 226 g/mol. The third kappa shape index (κ3) is 2.35. The van der Waals surface area contributed by atoms with Crippen molar-refractivity contribution in [3.8, 4) is 0 Å². The molecule has 1 saturated carbocycles. The van der Waals surface area contributed by atoms with Crippen LogP contribution in [-0.2, 0) is 4.79 Å². The summed E-state index contributed by atoms with van der Waals surface area (Å²) >= 11 is 0. The van der Waals surface area contributed by atoms with Crippen molar-refractivity contribution < 1.29 is 9.90 Å². The lowest BCUT2D eigenvalue weighted by Crippen LogP contribution is -2.34. The summed E-state index contributed by atoms with van der Waals surface area (Å²) < 4.78 is 0. The molecule has 0 amide bonds. The number of anilines is 1. The molecule has 0 heterocycles. The minimum absolute atomic E-state index is 0.167. The Labute approximate surface area is 108 Å². The van der Waals surface area contributed by atoms with E-state index in [1.165, 1.54) is 6.42 Å². The van der Waals surface area contributed by atoms with Crippen molar-refractivity contribution in [2.75, 3.05) is 5.73 Å². The Morgan fingerprint density at radius 3 is 2.44 bits per heavy atom. The maximum absolute atomic E-state index is 11.7. The van der Waals surface area contributed by atoms with Crippen LogP contribution in [0.2, 0.25) is 0 Å². The first-order valence-electron chi connectivity index (χ1n) is 6.62. The van der Waals surface area contributed by atoms with Crippen LogP contribution in [0.15, 0.2) is 24.3 Å². The van der Waals surface area contributed by atoms with Crippen LogP contribution in [0.5, 0.6) is 0 Å². The van der Waals surface area contributed by atoms with Gasteiger partial charge in [-0.2, -0.15) is 0 Å². The predicted octanol–water partition coefficient (Wildman–Crippen LogP) is 3.41. The summed E-state index contributed by atoms with van der Waals surface area (Å²) in [6, 6.07) is 7.36. The van der Waals surface area contributed by atoms with Crippen LogP contribution in [0.25, 0.3) is 0 Å². The number of rotatable bonds is 3. The number of aliphatic carboxylic acids is 1. The number of hydrogen-bond acceptors (Lipinski definition) is 2. The summed E-state index contributed by atoms with van der Waals surface area (Å²) in [5, 5.41) is 9.61. The Bertz CT molecular complexity index is 436. The zero-order chi connectivity index (χ0) is 13.2. The molecule has 3 N–H and O–H groups in total. The molecule has 1 unspecified atom stereocenters. The van der Waals surface area contributed by atoms with Crippen molar-refractivity contribution in [2.24, 2.45) is 5.41 Å². The van der Waals surface area contributed by atoms with Crippen molar-refractivity contribution in [1.82, 2.24) is 0 Å². The molecule has 2 rings (SSSR count). The number of benzene rings is 1. The van der Waals surface area contributed by atoms with Gasteiger partial charge in [0.1, 0.15) is 0 Å². The van der Waals surface area contributed by atoms with Crippen LogP contribution < -0.4 is 5.73 Å². The molecule has 1 atom stereocenters. The first kappa shape index (κ1) is 12.9. The minimum atomic E-state index is -0.752. The van der Waals surface area contributed by atoms with Gasteiger partial charge in [0.2, 0.25) is 0 Å². The molecule has 18 heavy (non-hydrogen) atoms. The number of carboxylic acid groups (broad SMARTS) is 1. The third-order valence-corrected chi connectivity index (χ3v) is 4.25. The summed E-state index contributed by atoms with van der Waals surface area (Å²) in [6.45, 7) is 2.09. The fraction of sp³-hybridized carbons (Fsp3) is 0.533. The second kappa shape index (κ2) is 5.01. The Kier molecular flexibility index (Phi) is 3.60. The van der Waals surface area contributed by atoms with Gasteiger partial charge in [-0.3, -0.25) is 4.79 Å². The maximum atomic E-state index is 11.7. The van der Waals surface area contributed by atoms with Crippen LogP contribution in [-0.4, -0.2) is 11.1 Å². The van der Waals surface area contributed by atoms with Gasteiger partial charge in [-0.15, -0.1) is 0 Å². The molecule has 0 radical (unpaired) electrons. The first-order valence-corrected chi connectivity index (χ1v) is 6.62. The van der Waals surface area contributed by atoms with Gasteiger partial charge in [0.25, 0.3) is 0 Å². The summed E-state index contributed by atoms with van der Waals surface area (Å²) in [4.78, 5) is 11.7. The largest absolute Gasteiger partial charge is 0.481 e. The van der Waals surface area contributed by atoms with Crippen molar-refractivity contribution in [1.29, 1.82) is 0 Å². The van der Waals surface area contributed by atoms with E-state index < -0.39 is 11.9 Å². The molecule has 1 aromatic rings. The fourth-order valence-corrected chi connectivity index (χ4v) is 3.23. The van der Waals surface area contributed by atoms with E-state index in [0.29, 0.717) is 5.69 Å². The second-order valence-electron chi connectivity index (χ2n) is 5.61. The quantitative estimate of drug-likeness (QED) is 0.804. The lowest BCUT2D eigenvalue weighted by atomic mass is 9.65. The molecule has 0 saturated heterocycles. The van der Waals surface area contributed by atoms with E-state index in [0.717, 1.165) is 31.2 Å². The average Bonchev–Trinajstić information content (AvgIpc) is 2.32. The number of para-hydroxylation sites is 1. The SMILES string of the molecule is CC1(C(C(=O)O)c2ccccc2N)CCCCC1. The molecule has 0 bridgehead atoms. The molecule has 0 spiro atoms. The molecule has 0 aliphatic heterocycles. The Balaban J connectivity index is 2.40. The van der Waals surface area contributed by atoms with E-state index in [-0.39, 0.29) is 5.41 Å².